The van der Waals surface area contributed by atoms with Gasteiger partial charge in [-0.2, -0.15) is 0 Å². The molecule has 1 atom stereocenters. The maximum absolute atomic E-state index is 12.9. The molecule has 0 bridgehead atoms. The first-order chi connectivity index (χ1) is 7.93. The molecule has 0 amide bonds. The van der Waals surface area contributed by atoms with Gasteiger partial charge in [-0.3, -0.25) is 4.90 Å². The highest BCUT2D eigenvalue weighted by atomic mass is 19.2. The van der Waals surface area contributed by atoms with Crippen LogP contribution in [0.1, 0.15) is 18.9 Å². The summed E-state index contributed by atoms with van der Waals surface area (Å²) in [7, 11) is 1.72. The number of hydrogen-bond donors (Lipinski definition) is 1. The van der Waals surface area contributed by atoms with Crippen LogP contribution in [0.4, 0.5) is 13.2 Å². The number of nitrogens with zero attached hydrogens (tertiary/aromatic N) is 1. The Hall–Kier alpha value is -1.07. The quantitative estimate of drug-likeness (QED) is 0.807. The number of rotatable bonds is 5. The van der Waals surface area contributed by atoms with Crippen molar-refractivity contribution >= 4 is 0 Å². The summed E-state index contributed by atoms with van der Waals surface area (Å²) in [6.45, 7) is 2.50. The van der Waals surface area contributed by atoms with E-state index >= 15 is 0 Å². The molecule has 96 valence electrons. The Morgan fingerprint density at radius 2 is 1.76 bits per heavy atom. The minimum Gasteiger partial charge on any atom is -0.392 e. The fourth-order valence-electron chi connectivity index (χ4n) is 1.56. The van der Waals surface area contributed by atoms with Gasteiger partial charge in [-0.15, -0.1) is 0 Å². The van der Waals surface area contributed by atoms with Crippen molar-refractivity contribution in [2.24, 2.45) is 0 Å². The van der Waals surface area contributed by atoms with E-state index in [0.717, 1.165) is 12.1 Å². The van der Waals surface area contributed by atoms with Crippen molar-refractivity contribution in [2.75, 3.05) is 13.6 Å². The lowest BCUT2D eigenvalue weighted by atomic mass is 10.2. The van der Waals surface area contributed by atoms with Gasteiger partial charge in [-0.25, -0.2) is 13.2 Å². The molecule has 0 spiro atoms. The van der Waals surface area contributed by atoms with E-state index in [0.29, 0.717) is 18.5 Å². The highest BCUT2D eigenvalue weighted by Crippen LogP contribution is 2.14. The normalized spacial score (nSPS) is 13.1. The Kier molecular flexibility index (Phi) is 4.96. The minimum atomic E-state index is -1.45. The average molecular weight is 247 g/mol. The second-order valence-corrected chi connectivity index (χ2v) is 4.13. The molecule has 0 aliphatic heterocycles. The monoisotopic (exact) mass is 247 g/mol. The molecule has 0 heterocycles. The summed E-state index contributed by atoms with van der Waals surface area (Å²) in [4.78, 5) is 1.72. The molecule has 0 aliphatic rings. The molecular weight excluding hydrogens is 231 g/mol. The molecule has 1 rings (SSSR count). The lowest BCUT2D eigenvalue weighted by Crippen LogP contribution is -2.28. The smallest absolute Gasteiger partial charge is 0.194 e. The summed E-state index contributed by atoms with van der Waals surface area (Å²) in [6, 6.07) is 1.93. The van der Waals surface area contributed by atoms with E-state index in [1.165, 1.54) is 0 Å². The molecule has 0 unspecified atom stereocenters. The van der Waals surface area contributed by atoms with Gasteiger partial charge in [0, 0.05) is 13.1 Å². The van der Waals surface area contributed by atoms with Gasteiger partial charge < -0.3 is 5.11 Å². The van der Waals surface area contributed by atoms with E-state index in [9.17, 15) is 18.3 Å². The number of halogens is 3. The van der Waals surface area contributed by atoms with Gasteiger partial charge in [0.2, 0.25) is 0 Å². The zero-order valence-corrected chi connectivity index (χ0v) is 9.88. The number of aliphatic hydroxyl groups is 1. The zero-order valence-electron chi connectivity index (χ0n) is 9.88. The second-order valence-electron chi connectivity index (χ2n) is 4.13. The third kappa shape index (κ3) is 4.02. The van der Waals surface area contributed by atoms with Crippen LogP contribution in [0.2, 0.25) is 0 Å². The predicted molar refractivity (Wildman–Crippen MR) is 58.9 cm³/mol. The average Bonchev–Trinajstić information content (AvgIpc) is 2.25. The minimum absolute atomic E-state index is 0.255. The van der Waals surface area contributed by atoms with Crippen LogP contribution in [0, 0.1) is 17.5 Å². The maximum Gasteiger partial charge on any atom is 0.194 e. The van der Waals surface area contributed by atoms with E-state index in [4.69, 9.17) is 0 Å². The fraction of sp³-hybridized carbons (Fsp3) is 0.500. The van der Waals surface area contributed by atoms with Crippen molar-refractivity contribution < 1.29 is 18.3 Å². The molecule has 1 N–H and O–H groups in total. The van der Waals surface area contributed by atoms with Crippen LogP contribution < -0.4 is 0 Å². The summed E-state index contributed by atoms with van der Waals surface area (Å²) in [5, 5.41) is 9.41. The summed E-state index contributed by atoms with van der Waals surface area (Å²) in [5.41, 5.74) is 0.340. The van der Waals surface area contributed by atoms with Crippen LogP contribution in [0.3, 0.4) is 0 Å². The third-order valence-corrected chi connectivity index (χ3v) is 2.49. The summed E-state index contributed by atoms with van der Waals surface area (Å²) < 4.78 is 38.6. The van der Waals surface area contributed by atoms with Gasteiger partial charge >= 0.3 is 0 Å². The van der Waals surface area contributed by atoms with Crippen molar-refractivity contribution in [1.29, 1.82) is 0 Å². The standard InChI is InChI=1S/C12H16F3NO/c1-3-9(17)7-16(2)6-8-4-10(13)12(15)11(14)5-8/h4-5,9,17H,3,6-7H2,1-2H3/t9-/m1/s1. The van der Waals surface area contributed by atoms with Crippen LogP contribution in [0.15, 0.2) is 12.1 Å². The van der Waals surface area contributed by atoms with Gasteiger partial charge in [0.1, 0.15) is 0 Å². The van der Waals surface area contributed by atoms with Crippen molar-refractivity contribution in [3.63, 3.8) is 0 Å². The Morgan fingerprint density at radius 3 is 2.24 bits per heavy atom. The van der Waals surface area contributed by atoms with E-state index in [1.807, 2.05) is 6.92 Å². The third-order valence-electron chi connectivity index (χ3n) is 2.49. The first-order valence-electron chi connectivity index (χ1n) is 5.44. The molecule has 2 nitrogen and oxygen atoms in total. The van der Waals surface area contributed by atoms with E-state index in [1.54, 1.807) is 11.9 Å². The summed E-state index contributed by atoms with van der Waals surface area (Å²) in [5.74, 6) is -3.83. The molecule has 0 saturated carbocycles. The van der Waals surface area contributed by atoms with Crippen molar-refractivity contribution in [1.82, 2.24) is 4.90 Å². The van der Waals surface area contributed by atoms with E-state index < -0.39 is 23.6 Å². The topological polar surface area (TPSA) is 23.5 Å². The molecule has 17 heavy (non-hydrogen) atoms. The molecule has 1 aromatic rings. The number of hydrogen-bond acceptors (Lipinski definition) is 2. The first kappa shape index (κ1) is 14.0. The molecule has 0 aromatic heterocycles. The molecule has 0 fully saturated rings. The SMILES string of the molecule is CC[C@@H](O)CN(C)Cc1cc(F)c(F)c(F)c1. The number of likely N-dealkylation sites (N-methyl/N-ethyl adjacent to an activating group) is 1. The Labute approximate surface area is 98.7 Å². The van der Waals surface area contributed by atoms with Crippen molar-refractivity contribution in [3.8, 4) is 0 Å². The zero-order chi connectivity index (χ0) is 13.0. The Bertz CT molecular complexity index is 361. The molecule has 0 aliphatic carbocycles. The van der Waals surface area contributed by atoms with E-state index in [2.05, 4.69) is 0 Å². The molecular formula is C12H16F3NO. The lowest BCUT2D eigenvalue weighted by molar-refractivity contribution is 0.119. The van der Waals surface area contributed by atoms with Crippen molar-refractivity contribution in [3.05, 3.63) is 35.1 Å². The van der Waals surface area contributed by atoms with Gasteiger partial charge in [-0.1, -0.05) is 6.92 Å². The molecule has 5 heteroatoms. The first-order valence-corrected chi connectivity index (χ1v) is 5.44. The van der Waals surface area contributed by atoms with Gasteiger partial charge in [0.15, 0.2) is 17.5 Å². The molecule has 1 aromatic carbocycles. The molecule has 0 radical (unpaired) electrons. The second kappa shape index (κ2) is 6.02. The van der Waals surface area contributed by atoms with Crippen LogP contribution in [-0.4, -0.2) is 29.7 Å². The summed E-state index contributed by atoms with van der Waals surface area (Å²) >= 11 is 0. The largest absolute Gasteiger partial charge is 0.392 e. The lowest BCUT2D eigenvalue weighted by Gasteiger charge is -2.19. The van der Waals surface area contributed by atoms with Gasteiger partial charge in [0.05, 0.1) is 6.10 Å². The van der Waals surface area contributed by atoms with E-state index in [-0.39, 0.29) is 6.54 Å². The summed E-state index contributed by atoms with van der Waals surface area (Å²) in [6.07, 6.45) is 0.131. The Morgan fingerprint density at radius 1 is 1.24 bits per heavy atom. The van der Waals surface area contributed by atoms with Gasteiger partial charge in [-0.05, 0) is 31.2 Å². The van der Waals surface area contributed by atoms with Crippen LogP contribution in [-0.2, 0) is 6.54 Å². The number of benzene rings is 1. The fourth-order valence-corrected chi connectivity index (χ4v) is 1.56. The highest BCUT2D eigenvalue weighted by Gasteiger charge is 2.12. The van der Waals surface area contributed by atoms with Crippen LogP contribution in [0.25, 0.3) is 0 Å². The number of aliphatic hydroxyl groups excluding tert-OH is 1. The van der Waals surface area contributed by atoms with Gasteiger partial charge in [0.25, 0.3) is 0 Å². The highest BCUT2D eigenvalue weighted by molar-refractivity contribution is 5.19. The molecule has 0 saturated heterocycles. The van der Waals surface area contributed by atoms with Crippen LogP contribution in [0.5, 0.6) is 0 Å². The predicted octanol–water partition coefficient (Wildman–Crippen LogP) is 2.31. The Balaban J connectivity index is 2.69. The van der Waals surface area contributed by atoms with Crippen molar-refractivity contribution in [2.45, 2.75) is 26.0 Å². The van der Waals surface area contributed by atoms with Crippen LogP contribution >= 0.6 is 0 Å². The maximum atomic E-state index is 12.9.